The minimum atomic E-state index is 0.156. The first kappa shape index (κ1) is 13.3. The lowest BCUT2D eigenvalue weighted by atomic mass is 10.2. The Balaban J connectivity index is 2.25. The van der Waals surface area contributed by atoms with Crippen LogP contribution in [0.4, 0.5) is 0 Å². The summed E-state index contributed by atoms with van der Waals surface area (Å²) in [7, 11) is 1.67. The van der Waals surface area contributed by atoms with Gasteiger partial charge in [0.15, 0.2) is 4.77 Å². The summed E-state index contributed by atoms with van der Waals surface area (Å²) in [4.78, 5) is 7.69. The van der Waals surface area contributed by atoms with E-state index in [-0.39, 0.29) is 6.04 Å². The molecule has 3 rings (SSSR count). The second-order valence-corrected chi connectivity index (χ2v) is 5.76. The Morgan fingerprint density at radius 2 is 2.35 bits per heavy atom. The third-order valence-corrected chi connectivity index (χ3v) is 4.54. The lowest BCUT2D eigenvalue weighted by Gasteiger charge is -2.15. The number of hydrogen-bond acceptors (Lipinski definition) is 4. The van der Waals surface area contributed by atoms with Crippen molar-refractivity contribution in [3.05, 3.63) is 39.6 Å². The fourth-order valence-electron chi connectivity index (χ4n) is 2.47. The van der Waals surface area contributed by atoms with Crippen molar-refractivity contribution in [2.45, 2.75) is 19.4 Å². The average molecular weight is 305 g/mol. The van der Waals surface area contributed by atoms with Crippen molar-refractivity contribution in [2.24, 2.45) is 0 Å². The summed E-state index contributed by atoms with van der Waals surface area (Å²) >= 11 is 7.16. The van der Waals surface area contributed by atoms with Crippen LogP contribution in [0.15, 0.2) is 29.8 Å². The lowest BCUT2D eigenvalue weighted by Crippen LogP contribution is -2.09. The van der Waals surface area contributed by atoms with Gasteiger partial charge in [-0.2, -0.15) is 0 Å². The highest BCUT2D eigenvalue weighted by atomic mass is 32.1. The molecule has 6 heteroatoms. The Bertz CT molecular complexity index is 773. The van der Waals surface area contributed by atoms with Gasteiger partial charge in [0.2, 0.25) is 0 Å². The van der Waals surface area contributed by atoms with Gasteiger partial charge in [0.25, 0.3) is 0 Å². The maximum absolute atomic E-state index is 5.51. The molecule has 0 fully saturated rings. The molecule has 104 valence electrons. The predicted molar refractivity (Wildman–Crippen MR) is 84.2 cm³/mol. The Morgan fingerprint density at radius 3 is 3.00 bits per heavy atom. The number of imidazole rings is 1. The van der Waals surface area contributed by atoms with E-state index in [4.69, 9.17) is 17.0 Å². The fraction of sp³-hybridized carbons (Fsp3) is 0.286. The van der Waals surface area contributed by atoms with Gasteiger partial charge < -0.3 is 14.3 Å². The number of fused-ring (bicyclic) bond motifs is 1. The van der Waals surface area contributed by atoms with E-state index < -0.39 is 0 Å². The summed E-state index contributed by atoms with van der Waals surface area (Å²) in [6.45, 7) is 2.15. The smallest absolute Gasteiger partial charge is 0.178 e. The Kier molecular flexibility index (Phi) is 3.58. The van der Waals surface area contributed by atoms with E-state index in [0.29, 0.717) is 4.77 Å². The monoisotopic (exact) mass is 305 g/mol. The summed E-state index contributed by atoms with van der Waals surface area (Å²) in [6, 6.07) is 6.13. The number of methoxy groups -OCH3 is 1. The summed E-state index contributed by atoms with van der Waals surface area (Å²) in [5, 5.41) is 3.07. The van der Waals surface area contributed by atoms with E-state index in [0.717, 1.165) is 28.2 Å². The molecule has 1 unspecified atom stereocenters. The normalized spacial score (nSPS) is 12.7. The highest BCUT2D eigenvalue weighted by Gasteiger charge is 2.19. The van der Waals surface area contributed by atoms with E-state index >= 15 is 0 Å². The lowest BCUT2D eigenvalue weighted by molar-refractivity contribution is 0.419. The van der Waals surface area contributed by atoms with Crippen molar-refractivity contribution in [1.29, 1.82) is 0 Å². The topological polar surface area (TPSA) is 42.8 Å². The molecule has 1 N–H and O–H groups in total. The Hall–Kier alpha value is -1.66. The number of ether oxygens (including phenoxy) is 1. The highest BCUT2D eigenvalue weighted by Crippen LogP contribution is 2.31. The summed E-state index contributed by atoms with van der Waals surface area (Å²) in [5.74, 6) is 0.807. The molecule has 0 amide bonds. The van der Waals surface area contributed by atoms with Crippen LogP contribution in [-0.4, -0.2) is 21.6 Å². The van der Waals surface area contributed by atoms with Crippen molar-refractivity contribution in [3.8, 4) is 5.75 Å². The first-order valence-corrected chi connectivity index (χ1v) is 7.71. The van der Waals surface area contributed by atoms with Crippen LogP contribution in [0.5, 0.6) is 5.75 Å². The number of para-hydroxylation sites is 1. The third-order valence-electron chi connectivity index (χ3n) is 3.37. The van der Waals surface area contributed by atoms with Crippen LogP contribution >= 0.6 is 23.6 Å². The zero-order valence-electron chi connectivity index (χ0n) is 11.3. The number of H-pyrrole nitrogens is 1. The van der Waals surface area contributed by atoms with E-state index in [9.17, 15) is 0 Å². The number of aromatic nitrogens is 3. The van der Waals surface area contributed by atoms with Gasteiger partial charge in [-0.15, -0.1) is 11.3 Å². The number of benzene rings is 1. The molecular formula is C14H15N3OS2. The van der Waals surface area contributed by atoms with Gasteiger partial charge in [-0.3, -0.25) is 0 Å². The molecule has 2 aromatic heterocycles. The van der Waals surface area contributed by atoms with Gasteiger partial charge >= 0.3 is 0 Å². The van der Waals surface area contributed by atoms with Crippen molar-refractivity contribution < 1.29 is 4.74 Å². The van der Waals surface area contributed by atoms with Gasteiger partial charge in [0.1, 0.15) is 16.3 Å². The van der Waals surface area contributed by atoms with Crippen molar-refractivity contribution >= 4 is 34.6 Å². The molecule has 1 aromatic carbocycles. The number of aromatic amines is 1. The first-order valence-electron chi connectivity index (χ1n) is 6.42. The maximum atomic E-state index is 5.51. The molecule has 0 aliphatic heterocycles. The van der Waals surface area contributed by atoms with E-state index in [1.54, 1.807) is 18.4 Å². The van der Waals surface area contributed by atoms with E-state index in [2.05, 4.69) is 27.5 Å². The van der Waals surface area contributed by atoms with Gasteiger partial charge in [-0.05, 0) is 30.8 Å². The van der Waals surface area contributed by atoms with Crippen LogP contribution in [0.1, 0.15) is 24.4 Å². The summed E-state index contributed by atoms with van der Waals surface area (Å²) in [5.41, 5.74) is 1.99. The molecule has 0 radical (unpaired) electrons. The molecule has 2 heterocycles. The standard InChI is InChI=1S/C14H15N3OS2/c1-3-9(13-15-7-8-20-13)17-10-5-4-6-11(18-2)12(10)16-14(17)19/h4-9H,3H2,1-2H3,(H,16,19). The van der Waals surface area contributed by atoms with Crippen molar-refractivity contribution in [1.82, 2.24) is 14.5 Å². The number of thiazole rings is 1. The zero-order valence-corrected chi connectivity index (χ0v) is 12.9. The molecule has 0 saturated carbocycles. The third kappa shape index (κ3) is 2.05. The average Bonchev–Trinajstić information content (AvgIpc) is 3.08. The number of nitrogens with zero attached hydrogens (tertiary/aromatic N) is 2. The van der Waals surface area contributed by atoms with Gasteiger partial charge in [-0.1, -0.05) is 13.0 Å². The number of hydrogen-bond donors (Lipinski definition) is 1. The molecular weight excluding hydrogens is 290 g/mol. The molecule has 0 aliphatic rings. The van der Waals surface area contributed by atoms with Crippen LogP contribution in [0.3, 0.4) is 0 Å². The van der Waals surface area contributed by atoms with Crippen LogP contribution in [0, 0.1) is 4.77 Å². The number of rotatable bonds is 4. The predicted octanol–water partition coefficient (Wildman–Crippen LogP) is 4.16. The second kappa shape index (κ2) is 5.38. The van der Waals surface area contributed by atoms with Crippen LogP contribution < -0.4 is 4.74 Å². The Morgan fingerprint density at radius 1 is 1.50 bits per heavy atom. The molecule has 20 heavy (non-hydrogen) atoms. The van der Waals surface area contributed by atoms with Crippen LogP contribution in [0.25, 0.3) is 11.0 Å². The van der Waals surface area contributed by atoms with Gasteiger partial charge in [0.05, 0.1) is 18.7 Å². The number of nitrogens with one attached hydrogen (secondary N) is 1. The summed E-state index contributed by atoms with van der Waals surface area (Å²) in [6.07, 6.45) is 2.77. The molecule has 1 atom stereocenters. The Labute approximate surface area is 126 Å². The van der Waals surface area contributed by atoms with Crippen LogP contribution in [0.2, 0.25) is 0 Å². The van der Waals surface area contributed by atoms with Crippen molar-refractivity contribution in [2.75, 3.05) is 7.11 Å². The molecule has 0 saturated heterocycles. The quantitative estimate of drug-likeness (QED) is 0.736. The second-order valence-electron chi connectivity index (χ2n) is 4.45. The van der Waals surface area contributed by atoms with E-state index in [1.807, 2.05) is 23.7 Å². The SMILES string of the molecule is CCC(c1nccs1)n1c(=S)[nH]c2c(OC)cccc21. The molecule has 0 bridgehead atoms. The fourth-order valence-corrected chi connectivity index (χ4v) is 3.61. The molecule has 4 nitrogen and oxygen atoms in total. The highest BCUT2D eigenvalue weighted by molar-refractivity contribution is 7.71. The maximum Gasteiger partial charge on any atom is 0.178 e. The molecule has 3 aromatic rings. The minimum absolute atomic E-state index is 0.156. The largest absolute Gasteiger partial charge is 0.494 e. The molecule has 0 aliphatic carbocycles. The van der Waals surface area contributed by atoms with Gasteiger partial charge in [0, 0.05) is 11.6 Å². The van der Waals surface area contributed by atoms with Gasteiger partial charge in [-0.25, -0.2) is 4.98 Å². The summed E-state index contributed by atoms with van der Waals surface area (Å²) < 4.78 is 8.23. The minimum Gasteiger partial charge on any atom is -0.494 e. The first-order chi connectivity index (χ1) is 9.76. The van der Waals surface area contributed by atoms with Crippen molar-refractivity contribution in [3.63, 3.8) is 0 Å². The van der Waals surface area contributed by atoms with E-state index in [1.165, 1.54) is 0 Å². The molecule has 0 spiro atoms. The van der Waals surface area contributed by atoms with Crippen LogP contribution in [-0.2, 0) is 0 Å². The zero-order chi connectivity index (χ0) is 14.1.